The fourth-order valence-corrected chi connectivity index (χ4v) is 0.756. The topological polar surface area (TPSA) is 73.1 Å². The first kappa shape index (κ1) is 8.73. The van der Waals surface area contributed by atoms with Crippen LogP contribution in [0.2, 0.25) is 0 Å². The Morgan fingerprint density at radius 1 is 1.50 bits per heavy atom. The summed E-state index contributed by atoms with van der Waals surface area (Å²) in [4.78, 5) is 7.87. The maximum atomic E-state index is 5.53. The zero-order chi connectivity index (χ0) is 8.81. The largest absolute Gasteiger partial charge is 0.383 e. The van der Waals surface area contributed by atoms with Gasteiger partial charge in [0.15, 0.2) is 11.6 Å². The van der Waals surface area contributed by atoms with E-state index < -0.39 is 0 Å². The third kappa shape index (κ3) is 2.35. The molecule has 1 aromatic rings. The first-order chi connectivity index (χ1) is 5.84. The number of hydrogen-bond acceptors (Lipinski definition) is 5. The number of aromatic nitrogens is 2. The average Bonchev–Trinajstić information content (AvgIpc) is 2.09. The lowest BCUT2D eigenvalue weighted by Crippen LogP contribution is -2.11. The molecule has 0 unspecified atom stereocenters. The molecule has 5 heteroatoms. The molecule has 0 bridgehead atoms. The van der Waals surface area contributed by atoms with Crippen molar-refractivity contribution in [3.63, 3.8) is 0 Å². The van der Waals surface area contributed by atoms with Crippen molar-refractivity contribution >= 4 is 11.6 Å². The molecule has 3 N–H and O–H groups in total. The Bertz CT molecular complexity index is 241. The summed E-state index contributed by atoms with van der Waals surface area (Å²) in [6.45, 7) is 1.30. The third-order valence-corrected chi connectivity index (χ3v) is 1.33. The minimum atomic E-state index is 0.411. The van der Waals surface area contributed by atoms with Gasteiger partial charge in [-0.15, -0.1) is 0 Å². The molecule has 0 radical (unpaired) electrons. The molecule has 0 aromatic carbocycles. The molecule has 0 saturated heterocycles. The maximum absolute atomic E-state index is 5.53. The summed E-state index contributed by atoms with van der Waals surface area (Å²) in [5.74, 6) is 1.02. The van der Waals surface area contributed by atoms with Crippen LogP contribution in [0, 0.1) is 0 Å². The second-order valence-electron chi connectivity index (χ2n) is 2.21. The van der Waals surface area contributed by atoms with E-state index in [1.165, 1.54) is 0 Å². The van der Waals surface area contributed by atoms with Gasteiger partial charge in [0, 0.05) is 26.0 Å². The molecule has 0 amide bonds. The molecule has 1 heterocycles. The van der Waals surface area contributed by atoms with E-state index in [0.29, 0.717) is 24.8 Å². The molecular formula is C7H12N4O. The quantitative estimate of drug-likeness (QED) is 0.624. The van der Waals surface area contributed by atoms with Crippen LogP contribution in [0.15, 0.2) is 12.4 Å². The molecule has 0 aliphatic carbocycles. The van der Waals surface area contributed by atoms with Gasteiger partial charge in [0.1, 0.15) is 0 Å². The van der Waals surface area contributed by atoms with Gasteiger partial charge in [0.2, 0.25) is 0 Å². The second-order valence-corrected chi connectivity index (χ2v) is 2.21. The van der Waals surface area contributed by atoms with Crippen LogP contribution in [-0.4, -0.2) is 30.2 Å². The fraction of sp³-hybridized carbons (Fsp3) is 0.429. The number of rotatable bonds is 4. The number of ether oxygens (including phenoxy) is 1. The Morgan fingerprint density at radius 2 is 2.25 bits per heavy atom. The standard InChI is InChI=1S/C7H12N4O/c1-12-5-4-11-7-6(8)9-2-3-10-7/h2-3H,4-5H2,1H3,(H2,8,9)(H,10,11). The SMILES string of the molecule is COCCNc1nccnc1N. The number of nitrogens with two attached hydrogens (primary N) is 1. The first-order valence-electron chi connectivity index (χ1n) is 3.64. The summed E-state index contributed by atoms with van der Waals surface area (Å²) in [7, 11) is 1.64. The highest BCUT2D eigenvalue weighted by atomic mass is 16.5. The van der Waals surface area contributed by atoms with Crippen molar-refractivity contribution in [1.29, 1.82) is 0 Å². The maximum Gasteiger partial charge on any atom is 0.169 e. The van der Waals surface area contributed by atoms with Crippen molar-refractivity contribution in [3.05, 3.63) is 12.4 Å². The Kier molecular flexibility index (Phi) is 3.28. The van der Waals surface area contributed by atoms with Crippen LogP contribution in [0.4, 0.5) is 11.6 Å². The van der Waals surface area contributed by atoms with Gasteiger partial charge >= 0.3 is 0 Å². The van der Waals surface area contributed by atoms with Crippen molar-refractivity contribution < 1.29 is 4.74 Å². The van der Waals surface area contributed by atoms with Crippen LogP contribution in [-0.2, 0) is 4.74 Å². The summed E-state index contributed by atoms with van der Waals surface area (Å²) >= 11 is 0. The lowest BCUT2D eigenvalue weighted by molar-refractivity contribution is 0.210. The third-order valence-electron chi connectivity index (χ3n) is 1.33. The van der Waals surface area contributed by atoms with Crippen molar-refractivity contribution in [2.45, 2.75) is 0 Å². The molecule has 66 valence electrons. The molecular weight excluding hydrogens is 156 g/mol. The molecule has 0 atom stereocenters. The Balaban J connectivity index is 2.46. The fourth-order valence-electron chi connectivity index (χ4n) is 0.756. The monoisotopic (exact) mass is 168 g/mol. The predicted octanol–water partition coefficient (Wildman–Crippen LogP) is 0.117. The Hall–Kier alpha value is -1.36. The lowest BCUT2D eigenvalue weighted by atomic mass is 10.5. The van der Waals surface area contributed by atoms with E-state index in [1.54, 1.807) is 19.5 Å². The molecule has 1 rings (SSSR count). The summed E-state index contributed by atoms with van der Waals surface area (Å²) in [6.07, 6.45) is 3.14. The highest BCUT2D eigenvalue weighted by Gasteiger charge is 1.97. The van der Waals surface area contributed by atoms with E-state index in [-0.39, 0.29) is 0 Å². The normalized spacial score (nSPS) is 9.75. The number of nitrogens with one attached hydrogen (secondary N) is 1. The van der Waals surface area contributed by atoms with Crippen LogP contribution in [0.25, 0.3) is 0 Å². The number of nitrogen functional groups attached to an aromatic ring is 1. The number of methoxy groups -OCH3 is 1. The summed E-state index contributed by atoms with van der Waals surface area (Å²) < 4.78 is 4.85. The van der Waals surface area contributed by atoms with Gasteiger partial charge in [0.05, 0.1) is 6.61 Å². The Labute approximate surface area is 71.0 Å². The smallest absolute Gasteiger partial charge is 0.169 e. The van der Waals surface area contributed by atoms with E-state index in [0.717, 1.165) is 0 Å². The minimum Gasteiger partial charge on any atom is -0.383 e. The van der Waals surface area contributed by atoms with Gasteiger partial charge in [-0.05, 0) is 0 Å². The first-order valence-corrected chi connectivity index (χ1v) is 3.64. The number of nitrogens with zero attached hydrogens (tertiary/aromatic N) is 2. The van der Waals surface area contributed by atoms with E-state index in [2.05, 4.69) is 15.3 Å². The average molecular weight is 168 g/mol. The predicted molar refractivity (Wildman–Crippen MR) is 46.8 cm³/mol. The van der Waals surface area contributed by atoms with Crippen LogP contribution in [0.3, 0.4) is 0 Å². The zero-order valence-electron chi connectivity index (χ0n) is 6.95. The van der Waals surface area contributed by atoms with E-state index in [4.69, 9.17) is 10.5 Å². The van der Waals surface area contributed by atoms with Gasteiger partial charge in [-0.3, -0.25) is 0 Å². The van der Waals surface area contributed by atoms with Crippen LogP contribution in [0.1, 0.15) is 0 Å². The zero-order valence-corrected chi connectivity index (χ0v) is 6.95. The molecule has 0 saturated carbocycles. The van der Waals surface area contributed by atoms with Gasteiger partial charge < -0.3 is 15.8 Å². The van der Waals surface area contributed by atoms with Gasteiger partial charge in [-0.25, -0.2) is 9.97 Å². The number of hydrogen-bond donors (Lipinski definition) is 2. The van der Waals surface area contributed by atoms with Crippen LogP contribution >= 0.6 is 0 Å². The summed E-state index contributed by atoms with van der Waals surface area (Å²) in [5.41, 5.74) is 5.53. The molecule has 1 aromatic heterocycles. The molecule has 0 aliphatic heterocycles. The highest BCUT2D eigenvalue weighted by molar-refractivity contribution is 5.54. The van der Waals surface area contributed by atoms with Crippen molar-refractivity contribution in [3.8, 4) is 0 Å². The van der Waals surface area contributed by atoms with E-state index >= 15 is 0 Å². The molecule has 5 nitrogen and oxygen atoms in total. The minimum absolute atomic E-state index is 0.411. The Morgan fingerprint density at radius 3 is 2.92 bits per heavy atom. The van der Waals surface area contributed by atoms with Crippen molar-refractivity contribution in [1.82, 2.24) is 9.97 Å². The van der Waals surface area contributed by atoms with E-state index in [9.17, 15) is 0 Å². The molecule has 0 aliphatic rings. The van der Waals surface area contributed by atoms with Gasteiger partial charge in [0.25, 0.3) is 0 Å². The van der Waals surface area contributed by atoms with Crippen molar-refractivity contribution in [2.75, 3.05) is 31.3 Å². The second kappa shape index (κ2) is 4.50. The molecule has 0 spiro atoms. The highest BCUT2D eigenvalue weighted by Crippen LogP contribution is 2.07. The number of anilines is 2. The summed E-state index contributed by atoms with van der Waals surface area (Å²) in [6, 6.07) is 0. The molecule has 0 fully saturated rings. The molecule has 12 heavy (non-hydrogen) atoms. The van der Waals surface area contributed by atoms with Crippen LogP contribution in [0.5, 0.6) is 0 Å². The van der Waals surface area contributed by atoms with Crippen molar-refractivity contribution in [2.24, 2.45) is 0 Å². The lowest BCUT2D eigenvalue weighted by Gasteiger charge is -2.05. The summed E-state index contributed by atoms with van der Waals surface area (Å²) in [5, 5.41) is 2.99. The van der Waals surface area contributed by atoms with Gasteiger partial charge in [-0.1, -0.05) is 0 Å². The van der Waals surface area contributed by atoms with E-state index in [1.807, 2.05) is 0 Å². The van der Waals surface area contributed by atoms with Crippen LogP contribution < -0.4 is 11.1 Å². The van der Waals surface area contributed by atoms with Gasteiger partial charge in [-0.2, -0.15) is 0 Å².